The summed E-state index contributed by atoms with van der Waals surface area (Å²) in [5, 5.41) is 8.94. The molecular formula is C18H19N3. The quantitative estimate of drug-likeness (QED) is 0.867. The lowest BCUT2D eigenvalue weighted by molar-refractivity contribution is 0.617. The average Bonchev–Trinajstić information content (AvgIpc) is 2.92. The third-order valence-electron chi connectivity index (χ3n) is 4.14. The number of fused-ring (bicyclic) bond motifs is 1. The van der Waals surface area contributed by atoms with Crippen LogP contribution in [0, 0.1) is 11.3 Å². The lowest BCUT2D eigenvalue weighted by Crippen LogP contribution is -2.28. The van der Waals surface area contributed by atoms with Crippen LogP contribution in [0.5, 0.6) is 0 Å². The summed E-state index contributed by atoms with van der Waals surface area (Å²) < 4.78 is 0. The number of para-hydroxylation sites is 1. The number of hydrogen-bond donors (Lipinski definition) is 1. The molecule has 106 valence electrons. The van der Waals surface area contributed by atoms with Gasteiger partial charge in [0.15, 0.2) is 0 Å². The number of anilines is 2. The van der Waals surface area contributed by atoms with Gasteiger partial charge in [-0.05, 0) is 48.2 Å². The number of rotatable bonds is 4. The summed E-state index contributed by atoms with van der Waals surface area (Å²) in [5.41, 5.74) is 10.6. The standard InChI is InChI=1S/C18H19N3/c19-11-4-12-21(16-5-2-1-3-6-16)18-10-7-14-13-15(20)8-9-17(14)18/h1-3,5-6,8-9,13,18H,4,7,10,12,20H2. The summed E-state index contributed by atoms with van der Waals surface area (Å²) in [6.07, 6.45) is 2.68. The second kappa shape index (κ2) is 5.88. The monoisotopic (exact) mass is 277 g/mol. The van der Waals surface area contributed by atoms with E-state index >= 15 is 0 Å². The van der Waals surface area contributed by atoms with Crippen molar-refractivity contribution in [1.82, 2.24) is 0 Å². The number of nitrogens with zero attached hydrogens (tertiary/aromatic N) is 2. The predicted molar refractivity (Wildman–Crippen MR) is 85.9 cm³/mol. The molecule has 1 aliphatic carbocycles. The van der Waals surface area contributed by atoms with Crippen molar-refractivity contribution in [2.75, 3.05) is 17.2 Å². The van der Waals surface area contributed by atoms with Crippen LogP contribution < -0.4 is 10.6 Å². The van der Waals surface area contributed by atoms with E-state index in [9.17, 15) is 0 Å². The van der Waals surface area contributed by atoms with Crippen LogP contribution in [0.25, 0.3) is 0 Å². The molecule has 1 atom stereocenters. The van der Waals surface area contributed by atoms with Gasteiger partial charge in [-0.15, -0.1) is 0 Å². The van der Waals surface area contributed by atoms with E-state index in [1.165, 1.54) is 16.8 Å². The first-order chi connectivity index (χ1) is 10.3. The fourth-order valence-electron chi connectivity index (χ4n) is 3.19. The molecule has 0 aromatic heterocycles. The number of nitrogens with two attached hydrogens (primary N) is 1. The molecule has 0 saturated heterocycles. The fraction of sp³-hybridized carbons (Fsp3) is 0.278. The van der Waals surface area contributed by atoms with Crippen molar-refractivity contribution in [3.63, 3.8) is 0 Å². The highest BCUT2D eigenvalue weighted by Crippen LogP contribution is 2.39. The Morgan fingerprint density at radius 2 is 2.00 bits per heavy atom. The Kier molecular flexibility index (Phi) is 3.79. The molecule has 0 fully saturated rings. The van der Waals surface area contributed by atoms with Crippen LogP contribution in [-0.2, 0) is 6.42 Å². The smallest absolute Gasteiger partial charge is 0.0640 e. The molecule has 2 N–H and O–H groups in total. The minimum atomic E-state index is 0.344. The lowest BCUT2D eigenvalue weighted by atomic mass is 10.0. The second-order valence-electron chi connectivity index (χ2n) is 5.45. The molecular weight excluding hydrogens is 258 g/mol. The van der Waals surface area contributed by atoms with E-state index in [1.54, 1.807) is 0 Å². The topological polar surface area (TPSA) is 53.0 Å². The van der Waals surface area contributed by atoms with Crippen molar-refractivity contribution in [2.45, 2.75) is 25.3 Å². The summed E-state index contributed by atoms with van der Waals surface area (Å²) in [6.45, 7) is 0.759. The first-order valence-corrected chi connectivity index (χ1v) is 7.36. The normalized spacial score (nSPS) is 16.2. The molecule has 1 unspecified atom stereocenters. The largest absolute Gasteiger partial charge is 0.399 e. The van der Waals surface area contributed by atoms with Crippen LogP contribution in [0.15, 0.2) is 48.5 Å². The van der Waals surface area contributed by atoms with E-state index in [-0.39, 0.29) is 0 Å². The maximum absolute atomic E-state index is 8.94. The van der Waals surface area contributed by atoms with E-state index < -0.39 is 0 Å². The van der Waals surface area contributed by atoms with E-state index in [0.717, 1.165) is 25.1 Å². The zero-order valence-corrected chi connectivity index (χ0v) is 12.0. The van der Waals surface area contributed by atoms with Gasteiger partial charge in [-0.3, -0.25) is 0 Å². The van der Waals surface area contributed by atoms with Crippen LogP contribution in [0.3, 0.4) is 0 Å². The van der Waals surface area contributed by atoms with E-state index in [4.69, 9.17) is 11.0 Å². The molecule has 3 nitrogen and oxygen atoms in total. The molecule has 2 aromatic rings. The van der Waals surface area contributed by atoms with Crippen molar-refractivity contribution in [2.24, 2.45) is 0 Å². The zero-order valence-electron chi connectivity index (χ0n) is 12.0. The number of nitriles is 1. The Morgan fingerprint density at radius 3 is 2.76 bits per heavy atom. The highest BCUT2D eigenvalue weighted by Gasteiger charge is 2.28. The SMILES string of the molecule is N#CCCN(c1ccccc1)C1CCc2cc(N)ccc21. The Labute approximate surface area is 125 Å². The van der Waals surface area contributed by atoms with Gasteiger partial charge in [0.2, 0.25) is 0 Å². The minimum absolute atomic E-state index is 0.344. The number of hydrogen-bond acceptors (Lipinski definition) is 3. The molecule has 0 spiro atoms. The van der Waals surface area contributed by atoms with Gasteiger partial charge in [0.05, 0.1) is 18.5 Å². The van der Waals surface area contributed by atoms with Gasteiger partial charge < -0.3 is 10.6 Å². The summed E-state index contributed by atoms with van der Waals surface area (Å²) >= 11 is 0. The molecule has 3 rings (SSSR count). The van der Waals surface area contributed by atoms with Gasteiger partial charge in [0, 0.05) is 17.9 Å². The third kappa shape index (κ3) is 2.71. The first kappa shape index (κ1) is 13.5. The van der Waals surface area contributed by atoms with Crippen LogP contribution >= 0.6 is 0 Å². The Bertz CT molecular complexity index is 658. The summed E-state index contributed by atoms with van der Waals surface area (Å²) in [4.78, 5) is 2.35. The number of aryl methyl sites for hydroxylation is 1. The van der Waals surface area contributed by atoms with Crippen molar-refractivity contribution >= 4 is 11.4 Å². The number of nitrogen functional groups attached to an aromatic ring is 1. The van der Waals surface area contributed by atoms with Crippen LogP contribution in [0.1, 0.15) is 30.0 Å². The number of benzene rings is 2. The van der Waals surface area contributed by atoms with E-state index in [1.807, 2.05) is 24.3 Å². The Hall–Kier alpha value is -2.47. The molecule has 0 aliphatic heterocycles. The maximum atomic E-state index is 8.94. The molecule has 0 bridgehead atoms. The van der Waals surface area contributed by atoms with Gasteiger partial charge in [-0.1, -0.05) is 24.3 Å². The Balaban J connectivity index is 1.94. The van der Waals surface area contributed by atoms with Gasteiger partial charge in [0.25, 0.3) is 0 Å². The zero-order chi connectivity index (χ0) is 14.7. The molecule has 2 aromatic carbocycles. The minimum Gasteiger partial charge on any atom is -0.399 e. The first-order valence-electron chi connectivity index (χ1n) is 7.36. The molecule has 0 amide bonds. The highest BCUT2D eigenvalue weighted by molar-refractivity contribution is 5.54. The van der Waals surface area contributed by atoms with Crippen molar-refractivity contribution in [3.05, 3.63) is 59.7 Å². The lowest BCUT2D eigenvalue weighted by Gasteiger charge is -2.31. The average molecular weight is 277 g/mol. The van der Waals surface area contributed by atoms with Gasteiger partial charge in [-0.25, -0.2) is 0 Å². The summed E-state index contributed by atoms with van der Waals surface area (Å²) in [6, 6.07) is 19.2. The van der Waals surface area contributed by atoms with Crippen molar-refractivity contribution in [3.8, 4) is 6.07 Å². The Morgan fingerprint density at radius 1 is 1.19 bits per heavy atom. The van der Waals surface area contributed by atoms with Crippen molar-refractivity contribution in [1.29, 1.82) is 5.26 Å². The van der Waals surface area contributed by atoms with Crippen LogP contribution in [0.4, 0.5) is 11.4 Å². The van der Waals surface area contributed by atoms with E-state index in [2.05, 4.69) is 35.2 Å². The van der Waals surface area contributed by atoms with Gasteiger partial charge in [0.1, 0.15) is 0 Å². The maximum Gasteiger partial charge on any atom is 0.0640 e. The summed E-state index contributed by atoms with van der Waals surface area (Å²) in [7, 11) is 0. The van der Waals surface area contributed by atoms with Crippen molar-refractivity contribution < 1.29 is 0 Å². The molecule has 3 heteroatoms. The van der Waals surface area contributed by atoms with Crippen LogP contribution in [-0.4, -0.2) is 6.54 Å². The molecule has 21 heavy (non-hydrogen) atoms. The second-order valence-corrected chi connectivity index (χ2v) is 5.45. The van der Waals surface area contributed by atoms with Gasteiger partial charge in [-0.2, -0.15) is 5.26 Å². The highest BCUT2D eigenvalue weighted by atomic mass is 15.2. The predicted octanol–water partition coefficient (Wildman–Crippen LogP) is 3.68. The molecule has 0 radical (unpaired) electrons. The fourth-order valence-corrected chi connectivity index (χ4v) is 3.19. The van der Waals surface area contributed by atoms with E-state index in [0.29, 0.717) is 12.5 Å². The molecule has 0 heterocycles. The third-order valence-corrected chi connectivity index (χ3v) is 4.14. The van der Waals surface area contributed by atoms with Gasteiger partial charge >= 0.3 is 0 Å². The van der Waals surface area contributed by atoms with Crippen LogP contribution in [0.2, 0.25) is 0 Å². The summed E-state index contributed by atoms with van der Waals surface area (Å²) in [5.74, 6) is 0. The molecule has 1 aliphatic rings. The molecule has 0 saturated carbocycles.